The molecule has 1 unspecified atom stereocenters. The molecule has 1 aliphatic heterocycles. The van der Waals surface area contributed by atoms with Crippen LogP contribution < -0.4 is 10.1 Å². The third-order valence-electron chi connectivity index (χ3n) is 6.46. The predicted octanol–water partition coefficient (Wildman–Crippen LogP) is 4.87. The Labute approximate surface area is 206 Å². The number of hydrogen-bond donors (Lipinski definition) is 1. The number of anilines is 1. The molecule has 3 aromatic rings. The largest absolute Gasteiger partial charge is 0.497 e. The first-order valence-corrected chi connectivity index (χ1v) is 12.2. The number of nitrogens with zero attached hydrogens (tertiary/aromatic N) is 4. The van der Waals surface area contributed by atoms with Crippen molar-refractivity contribution in [3.63, 3.8) is 0 Å². The summed E-state index contributed by atoms with van der Waals surface area (Å²) in [5.41, 5.74) is 3.26. The minimum atomic E-state index is -0.534. The molecule has 0 bridgehead atoms. The normalized spacial score (nSPS) is 16.2. The number of rotatable bonds is 5. The average molecular weight is 478 g/mol. The van der Waals surface area contributed by atoms with Crippen LogP contribution in [0.1, 0.15) is 75.1 Å². The van der Waals surface area contributed by atoms with Gasteiger partial charge in [-0.1, -0.05) is 13.8 Å². The molecule has 0 aliphatic carbocycles. The minimum absolute atomic E-state index is 0.141. The number of amides is 2. The summed E-state index contributed by atoms with van der Waals surface area (Å²) in [5, 5.41) is 8.47. The van der Waals surface area contributed by atoms with E-state index in [0.717, 1.165) is 28.9 Å². The van der Waals surface area contributed by atoms with Gasteiger partial charge in [0.1, 0.15) is 11.8 Å². The van der Waals surface area contributed by atoms with E-state index < -0.39 is 6.04 Å². The maximum Gasteiger partial charge on any atom is 0.255 e. The van der Waals surface area contributed by atoms with Crippen LogP contribution in [-0.4, -0.2) is 51.2 Å². The second kappa shape index (κ2) is 9.32. The van der Waals surface area contributed by atoms with Crippen molar-refractivity contribution in [2.75, 3.05) is 19.0 Å². The fourth-order valence-corrected chi connectivity index (χ4v) is 4.58. The molecule has 2 aromatic heterocycles. The van der Waals surface area contributed by atoms with Crippen LogP contribution in [0.15, 0.2) is 30.3 Å². The van der Waals surface area contributed by atoms with E-state index in [0.29, 0.717) is 29.9 Å². The fourth-order valence-electron chi connectivity index (χ4n) is 4.58. The van der Waals surface area contributed by atoms with Gasteiger partial charge in [-0.3, -0.25) is 9.59 Å². The van der Waals surface area contributed by atoms with Gasteiger partial charge < -0.3 is 15.0 Å². The number of aromatic nitrogens is 3. The summed E-state index contributed by atoms with van der Waals surface area (Å²) in [5.74, 6) is 0.526. The number of carbonyl (C=O) groups is 2. The molecule has 0 spiro atoms. The van der Waals surface area contributed by atoms with Gasteiger partial charge in [0.15, 0.2) is 5.65 Å². The summed E-state index contributed by atoms with van der Waals surface area (Å²) in [6.45, 7) is 12.8. The number of nitrogens with one attached hydrogen (secondary N) is 1. The van der Waals surface area contributed by atoms with Crippen LogP contribution in [0.2, 0.25) is 0 Å². The van der Waals surface area contributed by atoms with Crippen LogP contribution in [0, 0.1) is 6.92 Å². The molecule has 4 rings (SSSR count). The number of benzene rings is 1. The molecule has 2 amide bonds. The van der Waals surface area contributed by atoms with Gasteiger partial charge in [0.05, 0.1) is 29.3 Å². The molecule has 186 valence electrons. The number of likely N-dealkylation sites (tertiary alicyclic amines) is 1. The third kappa shape index (κ3) is 4.74. The van der Waals surface area contributed by atoms with E-state index in [1.807, 2.05) is 17.7 Å². The monoisotopic (exact) mass is 477 g/mol. The molecule has 8 heteroatoms. The zero-order valence-electron chi connectivity index (χ0n) is 21.7. The zero-order chi connectivity index (χ0) is 25.5. The lowest BCUT2D eigenvalue weighted by molar-refractivity contribution is -0.119. The molecule has 1 fully saturated rings. The van der Waals surface area contributed by atoms with E-state index in [4.69, 9.17) is 14.8 Å². The van der Waals surface area contributed by atoms with Gasteiger partial charge in [0, 0.05) is 17.9 Å². The summed E-state index contributed by atoms with van der Waals surface area (Å²) in [6.07, 6.45) is 1.40. The molecule has 1 aromatic carbocycles. The summed E-state index contributed by atoms with van der Waals surface area (Å²) >= 11 is 0. The first kappa shape index (κ1) is 24.7. The number of ether oxygens (including phenoxy) is 1. The van der Waals surface area contributed by atoms with Crippen molar-refractivity contribution in [3.05, 3.63) is 47.3 Å². The third-order valence-corrected chi connectivity index (χ3v) is 6.46. The van der Waals surface area contributed by atoms with Crippen molar-refractivity contribution in [2.24, 2.45) is 0 Å². The summed E-state index contributed by atoms with van der Waals surface area (Å²) in [7, 11) is 1.60. The highest BCUT2D eigenvalue weighted by Gasteiger charge is 2.36. The standard InChI is InChI=1S/C27H35N5O3/c1-16(2)21-15-20(23-17(3)30-32(24(23)29-21)27(4,5)6)26(34)31-14-8-9-22(31)25(33)28-18-10-12-19(35-7)13-11-18/h10-13,15-16,22H,8-9,14H2,1-7H3,(H,28,33). The number of methoxy groups -OCH3 is 1. The highest BCUT2D eigenvalue weighted by molar-refractivity contribution is 6.09. The quantitative estimate of drug-likeness (QED) is 0.566. The lowest BCUT2D eigenvalue weighted by atomic mass is 10.0. The van der Waals surface area contributed by atoms with Crippen molar-refractivity contribution < 1.29 is 14.3 Å². The Morgan fingerprint density at radius 1 is 1.17 bits per heavy atom. The molecule has 8 nitrogen and oxygen atoms in total. The van der Waals surface area contributed by atoms with Crippen LogP contribution in [0.4, 0.5) is 5.69 Å². The van der Waals surface area contributed by atoms with Crippen molar-refractivity contribution >= 4 is 28.5 Å². The second-order valence-corrected chi connectivity index (χ2v) is 10.5. The summed E-state index contributed by atoms with van der Waals surface area (Å²) in [6, 6.07) is 8.53. The highest BCUT2D eigenvalue weighted by Crippen LogP contribution is 2.31. The number of fused-ring (bicyclic) bond motifs is 1. The number of carbonyl (C=O) groups excluding carboxylic acids is 2. The average Bonchev–Trinajstić information content (AvgIpc) is 3.43. The van der Waals surface area contributed by atoms with E-state index in [9.17, 15) is 9.59 Å². The molecule has 1 aliphatic rings. The highest BCUT2D eigenvalue weighted by atomic mass is 16.5. The van der Waals surface area contributed by atoms with Crippen molar-refractivity contribution in [2.45, 2.75) is 71.9 Å². The molecule has 1 saturated heterocycles. The number of hydrogen-bond acceptors (Lipinski definition) is 5. The van der Waals surface area contributed by atoms with Crippen molar-refractivity contribution in [1.29, 1.82) is 0 Å². The first-order chi connectivity index (χ1) is 16.5. The van der Waals surface area contributed by atoms with E-state index in [2.05, 4.69) is 39.9 Å². The lowest BCUT2D eigenvalue weighted by Crippen LogP contribution is -2.43. The van der Waals surface area contributed by atoms with Crippen LogP contribution in [0.5, 0.6) is 5.75 Å². The summed E-state index contributed by atoms with van der Waals surface area (Å²) < 4.78 is 7.09. The van der Waals surface area contributed by atoms with E-state index in [1.165, 1.54) is 0 Å². The Hall–Kier alpha value is -3.42. The molecular weight excluding hydrogens is 442 g/mol. The zero-order valence-corrected chi connectivity index (χ0v) is 21.7. The smallest absolute Gasteiger partial charge is 0.255 e. The molecular formula is C27H35N5O3. The van der Waals surface area contributed by atoms with Gasteiger partial charge in [-0.2, -0.15) is 5.10 Å². The molecule has 1 N–H and O–H groups in total. The Kier molecular flexibility index (Phi) is 6.58. The molecule has 35 heavy (non-hydrogen) atoms. The minimum Gasteiger partial charge on any atom is -0.497 e. The van der Waals surface area contributed by atoms with Crippen LogP contribution in [0.3, 0.4) is 0 Å². The number of aryl methyl sites for hydroxylation is 1. The van der Waals surface area contributed by atoms with Gasteiger partial charge >= 0.3 is 0 Å². The van der Waals surface area contributed by atoms with Gasteiger partial charge in [0.2, 0.25) is 5.91 Å². The van der Waals surface area contributed by atoms with Crippen molar-refractivity contribution in [3.8, 4) is 5.75 Å². The van der Waals surface area contributed by atoms with E-state index in [-0.39, 0.29) is 23.3 Å². The SMILES string of the molecule is COc1ccc(NC(=O)C2CCCN2C(=O)c2cc(C(C)C)nc3c2c(C)nn3C(C)(C)C)cc1. The second-order valence-electron chi connectivity index (χ2n) is 10.5. The van der Waals surface area contributed by atoms with Crippen LogP contribution in [0.25, 0.3) is 11.0 Å². The Balaban J connectivity index is 1.70. The maximum absolute atomic E-state index is 14.0. The Morgan fingerprint density at radius 2 is 1.86 bits per heavy atom. The van der Waals surface area contributed by atoms with Crippen LogP contribution >= 0.6 is 0 Å². The summed E-state index contributed by atoms with van der Waals surface area (Å²) in [4.78, 5) is 33.7. The van der Waals surface area contributed by atoms with E-state index in [1.54, 1.807) is 36.3 Å². The topological polar surface area (TPSA) is 89.3 Å². The van der Waals surface area contributed by atoms with Crippen LogP contribution in [-0.2, 0) is 10.3 Å². The Bertz CT molecular complexity index is 1250. The predicted molar refractivity (Wildman–Crippen MR) is 137 cm³/mol. The molecule has 0 saturated carbocycles. The van der Waals surface area contributed by atoms with Gasteiger partial charge in [-0.05, 0) is 76.8 Å². The molecule has 0 radical (unpaired) electrons. The fraction of sp³-hybridized carbons (Fsp3) is 0.481. The number of pyridine rings is 1. The lowest BCUT2D eigenvalue weighted by Gasteiger charge is -2.25. The molecule has 1 atom stereocenters. The maximum atomic E-state index is 14.0. The van der Waals surface area contributed by atoms with Gasteiger partial charge in [-0.25, -0.2) is 9.67 Å². The first-order valence-electron chi connectivity index (χ1n) is 12.2. The molecule has 3 heterocycles. The Morgan fingerprint density at radius 3 is 2.46 bits per heavy atom. The van der Waals surface area contributed by atoms with Gasteiger partial charge in [-0.15, -0.1) is 0 Å². The van der Waals surface area contributed by atoms with Crippen molar-refractivity contribution in [1.82, 2.24) is 19.7 Å². The van der Waals surface area contributed by atoms with E-state index >= 15 is 0 Å². The van der Waals surface area contributed by atoms with Gasteiger partial charge in [0.25, 0.3) is 5.91 Å².